The summed E-state index contributed by atoms with van der Waals surface area (Å²) < 4.78 is 17.2. The molecule has 41 heavy (non-hydrogen) atoms. The zero-order valence-corrected chi connectivity index (χ0v) is 23.7. The minimum Gasteiger partial charge on any atom is -0.496 e. The zero-order valence-electron chi connectivity index (χ0n) is 23.7. The maximum atomic E-state index is 13.1. The molecule has 5 aromatic rings. The van der Waals surface area contributed by atoms with Crippen LogP contribution in [0.4, 0.5) is 16.2 Å². The Labute approximate surface area is 239 Å². The first kappa shape index (κ1) is 27.5. The molecule has 0 unspecified atom stereocenters. The van der Waals surface area contributed by atoms with Gasteiger partial charge in [-0.1, -0.05) is 63.2 Å². The molecular weight excluding hydrogens is 516 g/mol. The lowest BCUT2D eigenvalue weighted by Gasteiger charge is -2.21. The second-order valence-electron chi connectivity index (χ2n) is 10.4. The number of nitrogens with zero attached hydrogens (tertiary/aromatic N) is 2. The number of carbonyl (C=O) groups excluding carboxylic acids is 1. The predicted octanol–water partition coefficient (Wildman–Crippen LogP) is 8.05. The fraction of sp³-hybridized carbons (Fsp3) is 0.182. The molecule has 0 aliphatic carbocycles. The molecule has 0 spiro atoms. The molecule has 2 amide bonds. The van der Waals surface area contributed by atoms with E-state index in [4.69, 9.17) is 14.2 Å². The monoisotopic (exact) mass is 548 g/mol. The number of fused-ring (bicyclic) bond motifs is 1. The molecule has 4 aromatic carbocycles. The van der Waals surface area contributed by atoms with E-state index >= 15 is 0 Å². The van der Waals surface area contributed by atoms with Crippen molar-refractivity contribution in [2.24, 2.45) is 0 Å². The number of hydrogen-bond donors (Lipinski definition) is 2. The van der Waals surface area contributed by atoms with Crippen LogP contribution in [0.2, 0.25) is 0 Å². The van der Waals surface area contributed by atoms with Crippen molar-refractivity contribution in [3.8, 4) is 34.5 Å². The number of hydrogen-bond acceptors (Lipinski definition) is 6. The van der Waals surface area contributed by atoms with Crippen LogP contribution in [0.25, 0.3) is 22.2 Å². The number of carbonyl (C=O) groups is 1. The number of anilines is 2. The number of aromatic nitrogens is 2. The molecule has 5 rings (SSSR count). The van der Waals surface area contributed by atoms with Crippen LogP contribution in [0, 0.1) is 0 Å². The van der Waals surface area contributed by atoms with Crippen LogP contribution in [-0.2, 0) is 5.41 Å². The Balaban J connectivity index is 1.40. The van der Waals surface area contributed by atoms with Gasteiger partial charge in [0.25, 0.3) is 0 Å². The highest BCUT2D eigenvalue weighted by molar-refractivity contribution is 6.08. The summed E-state index contributed by atoms with van der Waals surface area (Å²) in [6.07, 6.45) is 1.65. The van der Waals surface area contributed by atoms with E-state index in [9.17, 15) is 4.79 Å². The third-order valence-electron chi connectivity index (χ3n) is 6.64. The summed E-state index contributed by atoms with van der Waals surface area (Å²) in [6.45, 7) is 6.36. The van der Waals surface area contributed by atoms with E-state index in [-0.39, 0.29) is 11.4 Å². The molecule has 0 saturated heterocycles. The van der Waals surface area contributed by atoms with Crippen LogP contribution in [-0.4, -0.2) is 30.2 Å². The Kier molecular flexibility index (Phi) is 7.74. The molecule has 0 atom stereocenters. The van der Waals surface area contributed by atoms with Gasteiger partial charge < -0.3 is 24.8 Å². The normalized spacial score (nSPS) is 11.1. The van der Waals surface area contributed by atoms with Gasteiger partial charge in [0.1, 0.15) is 17.2 Å². The highest BCUT2D eigenvalue weighted by Crippen LogP contribution is 2.36. The average molecular weight is 549 g/mol. The van der Waals surface area contributed by atoms with Crippen LogP contribution in [0.3, 0.4) is 0 Å². The summed E-state index contributed by atoms with van der Waals surface area (Å²) in [7, 11) is 3.19. The topological polar surface area (TPSA) is 94.6 Å². The largest absolute Gasteiger partial charge is 0.496 e. The maximum Gasteiger partial charge on any atom is 0.323 e. The van der Waals surface area contributed by atoms with Crippen molar-refractivity contribution >= 4 is 28.2 Å². The van der Waals surface area contributed by atoms with Gasteiger partial charge in [0, 0.05) is 23.0 Å². The molecule has 0 radical (unpaired) electrons. The minimum atomic E-state index is -0.384. The SMILES string of the molecule is COc1ccc(C(C)(C)C)cc1NC(=O)Nc1ccc(Oc2ccnc(-c3ccccc3OC)n2)c2ccccc12. The van der Waals surface area contributed by atoms with Crippen LogP contribution in [0.1, 0.15) is 26.3 Å². The van der Waals surface area contributed by atoms with E-state index in [1.54, 1.807) is 26.5 Å². The van der Waals surface area contributed by atoms with Gasteiger partial charge in [0.2, 0.25) is 5.88 Å². The van der Waals surface area contributed by atoms with Crippen molar-refractivity contribution in [2.45, 2.75) is 26.2 Å². The number of methoxy groups -OCH3 is 2. The quantitative estimate of drug-likeness (QED) is 0.214. The van der Waals surface area contributed by atoms with Gasteiger partial charge in [-0.2, -0.15) is 4.98 Å². The molecule has 0 aliphatic heterocycles. The second-order valence-corrected chi connectivity index (χ2v) is 10.4. The van der Waals surface area contributed by atoms with Crippen molar-refractivity contribution < 1.29 is 19.0 Å². The van der Waals surface area contributed by atoms with Crippen molar-refractivity contribution in [1.82, 2.24) is 9.97 Å². The van der Waals surface area contributed by atoms with Gasteiger partial charge in [-0.05, 0) is 47.4 Å². The lowest BCUT2D eigenvalue weighted by atomic mass is 9.87. The zero-order chi connectivity index (χ0) is 29.0. The van der Waals surface area contributed by atoms with E-state index in [0.29, 0.717) is 40.3 Å². The Bertz CT molecular complexity index is 1710. The Hall–Kier alpha value is -5.11. The first-order valence-electron chi connectivity index (χ1n) is 13.2. The van der Waals surface area contributed by atoms with E-state index in [1.807, 2.05) is 78.9 Å². The van der Waals surface area contributed by atoms with Crippen LogP contribution in [0.15, 0.2) is 91.1 Å². The average Bonchev–Trinajstić information content (AvgIpc) is 2.98. The van der Waals surface area contributed by atoms with Gasteiger partial charge in [-0.3, -0.25) is 0 Å². The van der Waals surface area contributed by atoms with Gasteiger partial charge in [0.05, 0.1) is 31.2 Å². The summed E-state index contributed by atoms with van der Waals surface area (Å²) in [6, 6.07) is 26.0. The lowest BCUT2D eigenvalue weighted by Crippen LogP contribution is -2.21. The molecule has 8 heteroatoms. The third kappa shape index (κ3) is 6.06. The van der Waals surface area contributed by atoms with E-state index < -0.39 is 0 Å². The minimum absolute atomic E-state index is 0.0805. The summed E-state index contributed by atoms with van der Waals surface area (Å²) in [5, 5.41) is 7.55. The van der Waals surface area contributed by atoms with E-state index in [0.717, 1.165) is 21.9 Å². The molecule has 208 valence electrons. The fourth-order valence-electron chi connectivity index (χ4n) is 4.49. The standard InChI is InChI=1S/C33H32N4O4/c1-33(2,3)21-14-16-29(40-5)26(20-21)36-32(38)35-25-15-17-28(23-11-7-6-10-22(23)25)41-30-18-19-34-31(37-30)24-12-8-9-13-27(24)39-4/h6-20H,1-5H3,(H2,35,36,38). The summed E-state index contributed by atoms with van der Waals surface area (Å²) in [5.74, 6) is 2.72. The molecule has 0 fully saturated rings. The molecule has 0 saturated carbocycles. The third-order valence-corrected chi connectivity index (χ3v) is 6.64. The summed E-state index contributed by atoms with van der Waals surface area (Å²) in [5.41, 5.74) is 2.99. The maximum absolute atomic E-state index is 13.1. The fourth-order valence-corrected chi connectivity index (χ4v) is 4.49. The molecule has 1 aromatic heterocycles. The number of urea groups is 1. The smallest absolute Gasteiger partial charge is 0.323 e. The van der Waals surface area contributed by atoms with Gasteiger partial charge in [0.15, 0.2) is 5.82 Å². The highest BCUT2D eigenvalue weighted by Gasteiger charge is 2.18. The number of nitrogens with one attached hydrogen (secondary N) is 2. The van der Waals surface area contributed by atoms with Crippen LogP contribution < -0.4 is 24.8 Å². The van der Waals surface area contributed by atoms with Crippen molar-refractivity contribution in [3.63, 3.8) is 0 Å². The second kappa shape index (κ2) is 11.6. The summed E-state index contributed by atoms with van der Waals surface area (Å²) >= 11 is 0. The van der Waals surface area contributed by atoms with E-state index in [2.05, 4.69) is 41.4 Å². The van der Waals surface area contributed by atoms with Crippen LogP contribution in [0.5, 0.6) is 23.1 Å². The Morgan fingerprint density at radius 2 is 1.41 bits per heavy atom. The van der Waals surface area contributed by atoms with Crippen molar-refractivity contribution in [3.05, 3.63) is 96.7 Å². The number of amides is 2. The lowest BCUT2D eigenvalue weighted by molar-refractivity contribution is 0.262. The Morgan fingerprint density at radius 1 is 0.732 bits per heavy atom. The molecular formula is C33H32N4O4. The van der Waals surface area contributed by atoms with Crippen molar-refractivity contribution in [2.75, 3.05) is 24.9 Å². The number of rotatable bonds is 7. The van der Waals surface area contributed by atoms with Gasteiger partial charge >= 0.3 is 6.03 Å². The number of ether oxygens (including phenoxy) is 3. The molecule has 8 nitrogen and oxygen atoms in total. The van der Waals surface area contributed by atoms with E-state index in [1.165, 1.54) is 0 Å². The summed E-state index contributed by atoms with van der Waals surface area (Å²) in [4.78, 5) is 22.1. The predicted molar refractivity (Wildman–Crippen MR) is 162 cm³/mol. The first-order chi connectivity index (χ1) is 19.8. The molecule has 1 heterocycles. The molecule has 0 bridgehead atoms. The van der Waals surface area contributed by atoms with Gasteiger partial charge in [-0.25, -0.2) is 9.78 Å². The molecule has 0 aliphatic rings. The van der Waals surface area contributed by atoms with Crippen molar-refractivity contribution in [1.29, 1.82) is 0 Å². The number of para-hydroxylation sites is 1. The highest BCUT2D eigenvalue weighted by atomic mass is 16.5. The first-order valence-corrected chi connectivity index (χ1v) is 13.2. The van der Waals surface area contributed by atoms with Gasteiger partial charge in [-0.15, -0.1) is 0 Å². The molecule has 2 N–H and O–H groups in total. The number of benzene rings is 4. The van der Waals surface area contributed by atoms with Crippen LogP contribution >= 0.6 is 0 Å². The Morgan fingerprint density at radius 3 is 2.17 bits per heavy atom.